The highest BCUT2D eigenvalue weighted by molar-refractivity contribution is 5.51. The van der Waals surface area contributed by atoms with Gasteiger partial charge in [-0.25, -0.2) is 8.78 Å². The van der Waals surface area contributed by atoms with Crippen LogP contribution in [-0.4, -0.2) is 11.5 Å². The number of nitro benzene ring substituents is 1. The minimum atomic E-state index is -0.985. The summed E-state index contributed by atoms with van der Waals surface area (Å²) in [5.41, 5.74) is -0.979. The van der Waals surface area contributed by atoms with Crippen LogP contribution in [0, 0.1) is 33.6 Å². The summed E-state index contributed by atoms with van der Waals surface area (Å²) >= 11 is 0. The summed E-state index contributed by atoms with van der Waals surface area (Å²) in [7, 11) is 0. The number of rotatable bonds is 4. The normalized spacial score (nSPS) is 9.35. The molecule has 0 aliphatic rings. The van der Waals surface area contributed by atoms with Crippen LogP contribution < -0.4 is 5.32 Å². The first kappa shape index (κ1) is 12.9. The molecule has 17 heavy (non-hydrogen) atoms. The molecule has 0 aliphatic heterocycles. The SMILES string of the molecule is CC#CCCNc1c(F)cc([N+](=O)[O-])cc1F. The van der Waals surface area contributed by atoms with E-state index in [4.69, 9.17) is 0 Å². The number of halogens is 2. The van der Waals surface area contributed by atoms with E-state index in [0.717, 1.165) is 0 Å². The molecule has 0 aliphatic carbocycles. The number of nitrogens with zero attached hydrogens (tertiary/aromatic N) is 1. The second-order valence-corrected chi connectivity index (χ2v) is 3.15. The summed E-state index contributed by atoms with van der Waals surface area (Å²) < 4.78 is 26.7. The van der Waals surface area contributed by atoms with Gasteiger partial charge in [0.05, 0.1) is 17.1 Å². The van der Waals surface area contributed by atoms with Crippen molar-refractivity contribution in [3.05, 3.63) is 33.9 Å². The third-order valence-corrected chi connectivity index (χ3v) is 1.97. The molecule has 6 heteroatoms. The lowest BCUT2D eigenvalue weighted by atomic mass is 10.2. The minimum absolute atomic E-state index is 0.270. The van der Waals surface area contributed by atoms with Crippen LogP contribution in [0.3, 0.4) is 0 Å². The van der Waals surface area contributed by atoms with Gasteiger partial charge in [-0.3, -0.25) is 10.1 Å². The maximum atomic E-state index is 13.3. The van der Waals surface area contributed by atoms with E-state index in [9.17, 15) is 18.9 Å². The second kappa shape index (κ2) is 5.80. The zero-order valence-corrected chi connectivity index (χ0v) is 9.09. The average molecular weight is 240 g/mol. The third kappa shape index (κ3) is 3.41. The number of anilines is 1. The smallest absolute Gasteiger partial charge is 0.275 e. The Labute approximate surface area is 96.8 Å². The van der Waals surface area contributed by atoms with E-state index in [-0.39, 0.29) is 12.2 Å². The van der Waals surface area contributed by atoms with E-state index >= 15 is 0 Å². The molecule has 0 amide bonds. The van der Waals surface area contributed by atoms with Crippen LogP contribution in [0.1, 0.15) is 13.3 Å². The molecule has 0 atom stereocenters. The first-order chi connectivity index (χ1) is 8.06. The van der Waals surface area contributed by atoms with Crippen molar-refractivity contribution in [2.24, 2.45) is 0 Å². The van der Waals surface area contributed by atoms with E-state index in [1.54, 1.807) is 6.92 Å². The summed E-state index contributed by atoms with van der Waals surface area (Å²) in [4.78, 5) is 9.50. The molecule has 1 aromatic rings. The number of non-ortho nitro benzene ring substituents is 1. The van der Waals surface area contributed by atoms with Gasteiger partial charge in [0, 0.05) is 13.0 Å². The largest absolute Gasteiger partial charge is 0.379 e. The molecule has 1 aromatic carbocycles. The molecular formula is C11H10F2N2O2. The molecule has 0 aromatic heterocycles. The second-order valence-electron chi connectivity index (χ2n) is 3.15. The first-order valence-electron chi connectivity index (χ1n) is 4.83. The molecular weight excluding hydrogens is 230 g/mol. The van der Waals surface area contributed by atoms with E-state index in [1.165, 1.54) is 0 Å². The Morgan fingerprint density at radius 2 is 2.00 bits per heavy atom. The van der Waals surface area contributed by atoms with Gasteiger partial charge in [-0.15, -0.1) is 11.8 Å². The molecule has 0 spiro atoms. The van der Waals surface area contributed by atoms with Crippen molar-refractivity contribution < 1.29 is 13.7 Å². The van der Waals surface area contributed by atoms with Crippen LogP contribution in [-0.2, 0) is 0 Å². The Kier molecular flexibility index (Phi) is 4.40. The zero-order chi connectivity index (χ0) is 12.8. The molecule has 0 bridgehead atoms. The van der Waals surface area contributed by atoms with Gasteiger partial charge in [0.15, 0.2) is 11.6 Å². The Morgan fingerprint density at radius 3 is 2.47 bits per heavy atom. The van der Waals surface area contributed by atoms with Crippen molar-refractivity contribution in [1.29, 1.82) is 0 Å². The molecule has 0 fully saturated rings. The van der Waals surface area contributed by atoms with Gasteiger partial charge in [-0.1, -0.05) is 0 Å². The predicted molar refractivity (Wildman–Crippen MR) is 59.6 cm³/mol. The highest BCUT2D eigenvalue weighted by Gasteiger charge is 2.16. The lowest BCUT2D eigenvalue weighted by molar-refractivity contribution is -0.385. The van der Waals surface area contributed by atoms with Gasteiger partial charge in [0.2, 0.25) is 0 Å². The van der Waals surface area contributed by atoms with Gasteiger partial charge >= 0.3 is 0 Å². The summed E-state index contributed by atoms with van der Waals surface area (Å²) in [6, 6.07) is 1.35. The minimum Gasteiger partial charge on any atom is -0.379 e. The number of nitrogens with one attached hydrogen (secondary N) is 1. The number of nitro groups is 1. The molecule has 1 rings (SSSR count). The van der Waals surface area contributed by atoms with Gasteiger partial charge in [0.1, 0.15) is 5.69 Å². The average Bonchev–Trinajstić information content (AvgIpc) is 2.26. The van der Waals surface area contributed by atoms with Crippen molar-refractivity contribution in [2.75, 3.05) is 11.9 Å². The molecule has 0 saturated carbocycles. The van der Waals surface area contributed by atoms with Crippen LogP contribution >= 0.6 is 0 Å². The summed E-state index contributed by atoms with van der Waals surface area (Å²) in [5.74, 6) is 3.39. The molecule has 0 saturated heterocycles. The molecule has 0 unspecified atom stereocenters. The number of hydrogen-bond acceptors (Lipinski definition) is 3. The van der Waals surface area contributed by atoms with Crippen LogP contribution in [0.5, 0.6) is 0 Å². The fourth-order valence-electron chi connectivity index (χ4n) is 1.21. The van der Waals surface area contributed by atoms with E-state index in [1.807, 2.05) is 0 Å². The molecule has 1 N–H and O–H groups in total. The highest BCUT2D eigenvalue weighted by Crippen LogP contribution is 2.24. The van der Waals surface area contributed by atoms with E-state index in [0.29, 0.717) is 18.6 Å². The zero-order valence-electron chi connectivity index (χ0n) is 9.09. The monoisotopic (exact) mass is 240 g/mol. The Bertz CT molecular complexity index is 469. The molecule has 90 valence electrons. The lowest BCUT2D eigenvalue weighted by Crippen LogP contribution is -2.05. The van der Waals surface area contributed by atoms with Crippen molar-refractivity contribution in [3.63, 3.8) is 0 Å². The van der Waals surface area contributed by atoms with Gasteiger partial charge in [-0.05, 0) is 6.92 Å². The third-order valence-electron chi connectivity index (χ3n) is 1.97. The van der Waals surface area contributed by atoms with Gasteiger partial charge in [-0.2, -0.15) is 0 Å². The fourth-order valence-corrected chi connectivity index (χ4v) is 1.21. The molecule has 0 radical (unpaired) electrons. The van der Waals surface area contributed by atoms with Crippen molar-refractivity contribution in [2.45, 2.75) is 13.3 Å². The van der Waals surface area contributed by atoms with Crippen molar-refractivity contribution in [1.82, 2.24) is 0 Å². The van der Waals surface area contributed by atoms with Crippen LogP contribution in [0.4, 0.5) is 20.2 Å². The van der Waals surface area contributed by atoms with Crippen molar-refractivity contribution >= 4 is 11.4 Å². The van der Waals surface area contributed by atoms with E-state index < -0.39 is 22.2 Å². The first-order valence-corrected chi connectivity index (χ1v) is 4.83. The number of benzene rings is 1. The van der Waals surface area contributed by atoms with Gasteiger partial charge in [0.25, 0.3) is 5.69 Å². The van der Waals surface area contributed by atoms with Crippen LogP contribution in [0.15, 0.2) is 12.1 Å². The topological polar surface area (TPSA) is 55.2 Å². The van der Waals surface area contributed by atoms with Crippen LogP contribution in [0.25, 0.3) is 0 Å². The summed E-state index contributed by atoms with van der Waals surface area (Å²) in [6.45, 7) is 1.93. The molecule has 0 heterocycles. The highest BCUT2D eigenvalue weighted by atomic mass is 19.1. The maximum absolute atomic E-state index is 13.3. The number of hydrogen-bond donors (Lipinski definition) is 1. The van der Waals surface area contributed by atoms with Crippen molar-refractivity contribution in [3.8, 4) is 11.8 Å². The maximum Gasteiger partial charge on any atom is 0.275 e. The quantitative estimate of drug-likeness (QED) is 0.381. The van der Waals surface area contributed by atoms with Gasteiger partial charge < -0.3 is 5.32 Å². The Balaban J connectivity index is 2.85. The summed E-state index contributed by atoms with van der Waals surface area (Å²) in [5, 5.41) is 12.9. The lowest BCUT2D eigenvalue weighted by Gasteiger charge is -2.06. The Hall–Kier alpha value is -2.16. The molecule has 4 nitrogen and oxygen atoms in total. The Morgan fingerprint density at radius 1 is 1.41 bits per heavy atom. The fraction of sp³-hybridized carbons (Fsp3) is 0.273. The van der Waals surface area contributed by atoms with E-state index in [2.05, 4.69) is 17.2 Å². The standard InChI is InChI=1S/C11H10F2N2O2/c1-2-3-4-5-14-11-9(12)6-8(15(16)17)7-10(11)13/h6-7,14H,4-5H2,1H3. The predicted octanol–water partition coefficient (Wildman–Crippen LogP) is 2.70. The summed E-state index contributed by atoms with van der Waals surface area (Å²) in [6.07, 6.45) is 0.437. The van der Waals surface area contributed by atoms with Crippen LogP contribution in [0.2, 0.25) is 0 Å².